The molecule has 4 heteroatoms. The van der Waals surface area contributed by atoms with E-state index in [0.717, 1.165) is 0 Å². The molecule has 4 nitrogen and oxygen atoms in total. The van der Waals surface area contributed by atoms with E-state index in [1.54, 1.807) is 0 Å². The molecule has 0 aliphatic rings. The molecule has 0 atom stereocenters. The van der Waals surface area contributed by atoms with Crippen molar-refractivity contribution in [2.45, 2.75) is 6.42 Å². The second kappa shape index (κ2) is 4.74. The van der Waals surface area contributed by atoms with Crippen LogP contribution in [-0.4, -0.2) is 16.6 Å². The number of terminal acetylenes is 1. The molecule has 0 fully saturated rings. The monoisotopic (exact) mass is 173 g/mol. The van der Waals surface area contributed by atoms with Crippen molar-refractivity contribution in [3.8, 4) is 24.4 Å². The van der Waals surface area contributed by atoms with Crippen molar-refractivity contribution in [3.63, 3.8) is 0 Å². The van der Waals surface area contributed by atoms with E-state index in [9.17, 15) is 0 Å². The van der Waals surface area contributed by atoms with Crippen LogP contribution < -0.4 is 4.74 Å². The van der Waals surface area contributed by atoms with Gasteiger partial charge in [-0.3, -0.25) is 0 Å². The maximum absolute atomic E-state index is 8.51. The lowest BCUT2D eigenvalue weighted by atomic mass is 10.4. The molecule has 0 aromatic carbocycles. The number of nitrogens with zero attached hydrogens (tertiary/aromatic N) is 3. The molecule has 13 heavy (non-hydrogen) atoms. The van der Waals surface area contributed by atoms with E-state index in [-0.39, 0.29) is 11.7 Å². The summed E-state index contributed by atoms with van der Waals surface area (Å²) in [6, 6.07) is 3.58. The number of rotatable bonds is 3. The van der Waals surface area contributed by atoms with Crippen molar-refractivity contribution < 1.29 is 4.74 Å². The van der Waals surface area contributed by atoms with Crippen molar-refractivity contribution >= 4 is 0 Å². The Bertz CT molecular complexity index is 362. The summed E-state index contributed by atoms with van der Waals surface area (Å²) in [6.07, 6.45) is 6.99. The standard InChI is InChI=1S/C9H7N3O/c1-2-3-6-13-9-11-5-4-8(7-10)12-9/h1,4-5H,3,6H2. The van der Waals surface area contributed by atoms with Crippen molar-refractivity contribution in [2.24, 2.45) is 0 Å². The van der Waals surface area contributed by atoms with E-state index in [1.807, 2.05) is 6.07 Å². The van der Waals surface area contributed by atoms with E-state index in [1.165, 1.54) is 12.3 Å². The number of aromatic nitrogens is 2. The number of hydrogen-bond donors (Lipinski definition) is 0. The highest BCUT2D eigenvalue weighted by Crippen LogP contribution is 2.01. The van der Waals surface area contributed by atoms with Gasteiger partial charge in [-0.05, 0) is 6.07 Å². The zero-order valence-corrected chi connectivity index (χ0v) is 6.90. The summed E-state index contributed by atoms with van der Waals surface area (Å²) < 4.78 is 5.07. The first-order chi connectivity index (χ1) is 6.36. The second-order valence-corrected chi connectivity index (χ2v) is 2.14. The highest BCUT2D eigenvalue weighted by atomic mass is 16.5. The average Bonchev–Trinajstić information content (AvgIpc) is 2.19. The van der Waals surface area contributed by atoms with Crippen LogP contribution >= 0.6 is 0 Å². The van der Waals surface area contributed by atoms with E-state index in [4.69, 9.17) is 16.4 Å². The maximum atomic E-state index is 8.51. The van der Waals surface area contributed by atoms with E-state index in [2.05, 4.69) is 15.9 Å². The second-order valence-electron chi connectivity index (χ2n) is 2.14. The number of hydrogen-bond acceptors (Lipinski definition) is 4. The minimum atomic E-state index is 0.189. The van der Waals surface area contributed by atoms with Gasteiger partial charge in [0, 0.05) is 12.6 Å². The SMILES string of the molecule is C#CCCOc1nccc(C#N)n1. The third kappa shape index (κ3) is 2.80. The molecule has 1 rings (SSSR count). The van der Waals surface area contributed by atoms with Crippen LogP contribution in [0.15, 0.2) is 12.3 Å². The zero-order chi connectivity index (χ0) is 9.52. The molecular weight excluding hydrogens is 166 g/mol. The average molecular weight is 173 g/mol. The molecule has 64 valence electrons. The molecular formula is C9H7N3O. The van der Waals surface area contributed by atoms with Crippen LogP contribution in [0.2, 0.25) is 0 Å². The van der Waals surface area contributed by atoms with Gasteiger partial charge in [0.15, 0.2) is 0 Å². The molecule has 0 radical (unpaired) electrons. The smallest absolute Gasteiger partial charge is 0.317 e. The fourth-order valence-corrected chi connectivity index (χ4v) is 0.674. The highest BCUT2D eigenvalue weighted by Gasteiger charge is 1.97. The molecule has 0 spiro atoms. The van der Waals surface area contributed by atoms with Crippen molar-refractivity contribution in [1.29, 1.82) is 5.26 Å². The van der Waals surface area contributed by atoms with Gasteiger partial charge in [0.25, 0.3) is 0 Å². The molecule has 0 N–H and O–H groups in total. The zero-order valence-electron chi connectivity index (χ0n) is 6.90. The lowest BCUT2D eigenvalue weighted by Crippen LogP contribution is -2.00. The molecule has 1 heterocycles. The normalized spacial score (nSPS) is 8.46. The molecule has 0 aliphatic heterocycles. The van der Waals surface area contributed by atoms with Crippen LogP contribution in [0.4, 0.5) is 0 Å². The Kier molecular flexibility index (Phi) is 3.29. The molecule has 0 amide bonds. The topological polar surface area (TPSA) is 58.8 Å². The number of nitriles is 1. The predicted octanol–water partition coefficient (Wildman–Crippen LogP) is 0.750. The van der Waals surface area contributed by atoms with E-state index < -0.39 is 0 Å². The Morgan fingerprint density at radius 1 is 1.62 bits per heavy atom. The summed E-state index contributed by atoms with van der Waals surface area (Å²) in [4.78, 5) is 7.61. The molecule has 0 bridgehead atoms. The van der Waals surface area contributed by atoms with Crippen LogP contribution in [0.5, 0.6) is 6.01 Å². The summed E-state index contributed by atoms with van der Waals surface area (Å²) >= 11 is 0. The summed E-state index contributed by atoms with van der Waals surface area (Å²) in [5.41, 5.74) is 0.283. The quantitative estimate of drug-likeness (QED) is 0.500. The minimum absolute atomic E-state index is 0.189. The Morgan fingerprint density at radius 2 is 2.46 bits per heavy atom. The van der Waals surface area contributed by atoms with Gasteiger partial charge in [0.2, 0.25) is 0 Å². The van der Waals surface area contributed by atoms with E-state index >= 15 is 0 Å². The molecule has 0 aliphatic carbocycles. The van der Waals surface area contributed by atoms with Gasteiger partial charge in [0.05, 0.1) is 0 Å². The first kappa shape index (κ1) is 9.02. The first-order valence-corrected chi connectivity index (χ1v) is 3.66. The molecule has 0 saturated carbocycles. The summed E-state index contributed by atoms with van der Waals surface area (Å²) in [6.45, 7) is 0.366. The largest absolute Gasteiger partial charge is 0.462 e. The van der Waals surface area contributed by atoms with Gasteiger partial charge in [-0.2, -0.15) is 10.2 Å². The van der Waals surface area contributed by atoms with Crippen molar-refractivity contribution in [3.05, 3.63) is 18.0 Å². The van der Waals surface area contributed by atoms with Crippen LogP contribution in [0.25, 0.3) is 0 Å². The van der Waals surface area contributed by atoms with Crippen LogP contribution in [0, 0.1) is 23.7 Å². The van der Waals surface area contributed by atoms with Gasteiger partial charge in [0.1, 0.15) is 18.4 Å². The molecule has 0 unspecified atom stereocenters. The Labute approximate surface area is 76.2 Å². The minimum Gasteiger partial charge on any atom is -0.462 e. The summed E-state index contributed by atoms with van der Waals surface area (Å²) in [5.74, 6) is 2.42. The fourth-order valence-electron chi connectivity index (χ4n) is 0.674. The summed E-state index contributed by atoms with van der Waals surface area (Å²) in [5, 5.41) is 8.51. The van der Waals surface area contributed by atoms with Crippen LogP contribution in [0.3, 0.4) is 0 Å². The van der Waals surface area contributed by atoms with Gasteiger partial charge < -0.3 is 4.74 Å². The Morgan fingerprint density at radius 3 is 3.15 bits per heavy atom. The fraction of sp³-hybridized carbons (Fsp3) is 0.222. The van der Waals surface area contributed by atoms with Gasteiger partial charge in [-0.25, -0.2) is 4.98 Å². The molecule has 1 aromatic heterocycles. The maximum Gasteiger partial charge on any atom is 0.317 e. The summed E-state index contributed by atoms with van der Waals surface area (Å²) in [7, 11) is 0. The van der Waals surface area contributed by atoms with E-state index in [0.29, 0.717) is 13.0 Å². The Hall–Kier alpha value is -2.07. The van der Waals surface area contributed by atoms with Gasteiger partial charge in [-0.15, -0.1) is 12.3 Å². The molecule has 1 aromatic rings. The predicted molar refractivity (Wildman–Crippen MR) is 45.7 cm³/mol. The highest BCUT2D eigenvalue weighted by molar-refractivity contribution is 5.19. The van der Waals surface area contributed by atoms with Crippen molar-refractivity contribution in [2.75, 3.05) is 6.61 Å². The Balaban J connectivity index is 2.59. The molecule has 0 saturated heterocycles. The lowest BCUT2D eigenvalue weighted by Gasteiger charge is -1.99. The third-order valence-corrected chi connectivity index (χ3v) is 1.23. The van der Waals surface area contributed by atoms with Gasteiger partial charge >= 0.3 is 6.01 Å². The lowest BCUT2D eigenvalue weighted by molar-refractivity contribution is 0.300. The van der Waals surface area contributed by atoms with Crippen molar-refractivity contribution in [1.82, 2.24) is 9.97 Å². The first-order valence-electron chi connectivity index (χ1n) is 3.66. The van der Waals surface area contributed by atoms with Crippen LogP contribution in [-0.2, 0) is 0 Å². The third-order valence-electron chi connectivity index (χ3n) is 1.23. The van der Waals surface area contributed by atoms with Crippen LogP contribution in [0.1, 0.15) is 12.1 Å². The number of ether oxygens (including phenoxy) is 1. The van der Waals surface area contributed by atoms with Gasteiger partial charge in [-0.1, -0.05) is 0 Å².